The van der Waals surface area contributed by atoms with Crippen molar-refractivity contribution in [2.75, 3.05) is 32.1 Å². The molecule has 5 nitrogen and oxygen atoms in total. The highest BCUT2D eigenvalue weighted by molar-refractivity contribution is 7.98. The van der Waals surface area contributed by atoms with Gasteiger partial charge in [0.15, 0.2) is 0 Å². The molecule has 0 aliphatic rings. The van der Waals surface area contributed by atoms with Crippen LogP contribution < -0.4 is 5.32 Å². The molecule has 19 heavy (non-hydrogen) atoms. The summed E-state index contributed by atoms with van der Waals surface area (Å²) in [5.41, 5.74) is 0.894. The lowest BCUT2D eigenvalue weighted by molar-refractivity contribution is 0.489. The van der Waals surface area contributed by atoms with Gasteiger partial charge in [0.05, 0.1) is 4.90 Å². The first kappa shape index (κ1) is 16.6. The van der Waals surface area contributed by atoms with Crippen molar-refractivity contribution >= 4 is 21.8 Å². The minimum absolute atomic E-state index is 0.337. The zero-order valence-electron chi connectivity index (χ0n) is 11.8. The van der Waals surface area contributed by atoms with Gasteiger partial charge < -0.3 is 10.3 Å². The molecule has 0 bridgehead atoms. The number of rotatable bonds is 9. The molecule has 0 saturated carbocycles. The van der Waals surface area contributed by atoms with Gasteiger partial charge in [-0.2, -0.15) is 11.8 Å². The molecule has 2 N–H and O–H groups in total. The topological polar surface area (TPSA) is 65.2 Å². The van der Waals surface area contributed by atoms with Crippen LogP contribution in [0.1, 0.15) is 19.0 Å². The van der Waals surface area contributed by atoms with Crippen LogP contribution in [0.5, 0.6) is 0 Å². The van der Waals surface area contributed by atoms with Crippen LogP contribution in [0.4, 0.5) is 0 Å². The molecular weight excluding hydrogens is 282 g/mol. The van der Waals surface area contributed by atoms with Crippen LogP contribution in [-0.4, -0.2) is 49.9 Å². The highest BCUT2D eigenvalue weighted by atomic mass is 32.2. The third-order valence-electron chi connectivity index (χ3n) is 2.78. The third kappa shape index (κ3) is 4.83. The van der Waals surface area contributed by atoms with Crippen LogP contribution >= 0.6 is 11.8 Å². The smallest absolute Gasteiger partial charge is 0.244 e. The number of hydrogen-bond acceptors (Lipinski definition) is 4. The van der Waals surface area contributed by atoms with Crippen LogP contribution in [0.15, 0.2) is 17.2 Å². The van der Waals surface area contributed by atoms with Crippen molar-refractivity contribution in [2.45, 2.75) is 24.8 Å². The van der Waals surface area contributed by atoms with Gasteiger partial charge in [-0.3, -0.25) is 0 Å². The molecule has 0 saturated heterocycles. The number of aromatic amines is 1. The molecule has 1 rings (SSSR count). The fourth-order valence-electron chi connectivity index (χ4n) is 1.59. The lowest BCUT2D eigenvalue weighted by atomic mass is 10.4. The van der Waals surface area contributed by atoms with Gasteiger partial charge in [-0.05, 0) is 25.3 Å². The van der Waals surface area contributed by atoms with E-state index in [1.54, 1.807) is 31.1 Å². The van der Waals surface area contributed by atoms with Gasteiger partial charge >= 0.3 is 0 Å². The van der Waals surface area contributed by atoms with E-state index in [0.29, 0.717) is 18.0 Å². The summed E-state index contributed by atoms with van der Waals surface area (Å²) in [7, 11) is -1.74. The van der Waals surface area contributed by atoms with E-state index < -0.39 is 10.0 Å². The molecule has 0 aliphatic heterocycles. The number of nitrogens with one attached hydrogen (secondary N) is 2. The summed E-state index contributed by atoms with van der Waals surface area (Å²) >= 11 is 1.64. The first-order valence-corrected chi connectivity index (χ1v) is 9.19. The van der Waals surface area contributed by atoms with E-state index in [1.165, 1.54) is 4.31 Å². The van der Waals surface area contributed by atoms with Gasteiger partial charge in [0.1, 0.15) is 0 Å². The van der Waals surface area contributed by atoms with Gasteiger partial charge in [0.2, 0.25) is 10.0 Å². The van der Waals surface area contributed by atoms with Crippen molar-refractivity contribution in [1.29, 1.82) is 0 Å². The van der Waals surface area contributed by atoms with Gasteiger partial charge in [0, 0.05) is 37.8 Å². The first-order valence-electron chi connectivity index (χ1n) is 6.35. The maximum absolute atomic E-state index is 12.3. The van der Waals surface area contributed by atoms with E-state index in [1.807, 2.05) is 6.26 Å². The van der Waals surface area contributed by atoms with Crippen molar-refractivity contribution in [3.8, 4) is 0 Å². The molecule has 0 amide bonds. The van der Waals surface area contributed by atoms with Crippen molar-refractivity contribution in [2.24, 2.45) is 0 Å². The van der Waals surface area contributed by atoms with Crippen molar-refractivity contribution < 1.29 is 8.42 Å². The van der Waals surface area contributed by atoms with Gasteiger partial charge in [-0.25, -0.2) is 12.7 Å². The highest BCUT2D eigenvalue weighted by Gasteiger charge is 2.21. The minimum Gasteiger partial charge on any atom is -0.363 e. The van der Waals surface area contributed by atoms with E-state index in [-0.39, 0.29) is 0 Å². The fraction of sp³-hybridized carbons (Fsp3) is 0.667. The number of nitrogens with zero attached hydrogens (tertiary/aromatic N) is 1. The maximum Gasteiger partial charge on any atom is 0.244 e. The van der Waals surface area contributed by atoms with E-state index in [0.717, 1.165) is 24.4 Å². The normalized spacial score (nSPS) is 12.2. The standard InChI is InChI=1S/C12H23N3O2S2/c1-4-5-13-9-11-8-12(10-14-11)19(16,17)15(2)6-7-18-3/h8,10,13-14H,4-7,9H2,1-3H3. The number of aromatic nitrogens is 1. The van der Waals surface area contributed by atoms with Crippen LogP contribution in [0.3, 0.4) is 0 Å². The average Bonchev–Trinajstić information content (AvgIpc) is 2.85. The van der Waals surface area contributed by atoms with Crippen molar-refractivity contribution in [1.82, 2.24) is 14.6 Å². The Labute approximate surface area is 120 Å². The summed E-state index contributed by atoms with van der Waals surface area (Å²) in [4.78, 5) is 3.35. The second kappa shape index (κ2) is 7.94. The van der Waals surface area contributed by atoms with Crippen LogP contribution in [-0.2, 0) is 16.6 Å². The molecule has 0 radical (unpaired) electrons. The number of thioether (sulfide) groups is 1. The molecule has 1 aromatic rings. The molecule has 7 heteroatoms. The van der Waals surface area contributed by atoms with Crippen LogP contribution in [0.25, 0.3) is 0 Å². The summed E-state index contributed by atoms with van der Waals surface area (Å²) in [5, 5.41) is 3.24. The molecule has 0 spiro atoms. The fourth-order valence-corrected chi connectivity index (χ4v) is 3.35. The molecule has 0 fully saturated rings. The molecule has 0 aliphatic carbocycles. The summed E-state index contributed by atoms with van der Waals surface area (Å²) in [6.45, 7) is 4.21. The Kier molecular flexibility index (Phi) is 6.92. The second-order valence-corrected chi connectivity index (χ2v) is 7.39. The van der Waals surface area contributed by atoms with E-state index >= 15 is 0 Å². The van der Waals surface area contributed by atoms with E-state index in [9.17, 15) is 8.42 Å². The Bertz CT molecular complexity index is 471. The number of hydrogen-bond donors (Lipinski definition) is 2. The van der Waals surface area contributed by atoms with Crippen LogP contribution in [0, 0.1) is 0 Å². The van der Waals surface area contributed by atoms with Gasteiger partial charge in [-0.1, -0.05) is 6.92 Å². The Hall–Kier alpha value is -0.500. The Morgan fingerprint density at radius 3 is 2.84 bits per heavy atom. The lowest BCUT2D eigenvalue weighted by Crippen LogP contribution is -2.28. The van der Waals surface area contributed by atoms with E-state index in [2.05, 4.69) is 17.2 Å². The van der Waals surface area contributed by atoms with Crippen molar-refractivity contribution in [3.05, 3.63) is 18.0 Å². The quantitative estimate of drug-likeness (QED) is 0.679. The maximum atomic E-state index is 12.3. The minimum atomic E-state index is -3.36. The molecule has 1 aromatic heterocycles. The lowest BCUT2D eigenvalue weighted by Gasteiger charge is -2.15. The number of H-pyrrole nitrogens is 1. The Morgan fingerprint density at radius 1 is 1.47 bits per heavy atom. The highest BCUT2D eigenvalue weighted by Crippen LogP contribution is 2.15. The predicted molar refractivity (Wildman–Crippen MR) is 81.0 cm³/mol. The molecular formula is C12H23N3O2S2. The number of sulfonamides is 1. The third-order valence-corrected chi connectivity index (χ3v) is 5.20. The monoisotopic (exact) mass is 305 g/mol. The summed E-state index contributed by atoms with van der Waals surface area (Å²) in [6, 6.07) is 1.70. The molecule has 0 unspecified atom stereocenters. The zero-order chi connectivity index (χ0) is 14.3. The summed E-state index contributed by atoms with van der Waals surface area (Å²) in [5.74, 6) is 0.797. The van der Waals surface area contributed by atoms with E-state index in [4.69, 9.17) is 0 Å². The molecule has 110 valence electrons. The average molecular weight is 305 g/mol. The predicted octanol–water partition coefficient (Wildman–Crippen LogP) is 1.50. The molecule has 1 heterocycles. The first-order chi connectivity index (χ1) is 9.02. The summed E-state index contributed by atoms with van der Waals surface area (Å²) < 4.78 is 25.9. The second-order valence-electron chi connectivity index (χ2n) is 4.36. The molecule has 0 atom stereocenters. The zero-order valence-corrected chi connectivity index (χ0v) is 13.4. The largest absolute Gasteiger partial charge is 0.363 e. The van der Waals surface area contributed by atoms with Gasteiger partial charge in [0.25, 0.3) is 0 Å². The summed E-state index contributed by atoms with van der Waals surface area (Å²) in [6.07, 6.45) is 4.59. The SMILES string of the molecule is CCCNCc1cc(S(=O)(=O)N(C)CCSC)c[nH]1. The Balaban J connectivity index is 2.68. The molecule has 0 aromatic carbocycles. The van der Waals surface area contributed by atoms with Crippen molar-refractivity contribution in [3.63, 3.8) is 0 Å². The Morgan fingerprint density at radius 2 is 2.21 bits per heavy atom. The van der Waals surface area contributed by atoms with Crippen LogP contribution in [0.2, 0.25) is 0 Å². The van der Waals surface area contributed by atoms with Gasteiger partial charge in [-0.15, -0.1) is 0 Å².